The maximum Gasteiger partial charge on any atom is 0.306 e. The SMILES string of the molecule is COc1cccc(NC(=O)COC(=O)CCCC(=O)Nc2ccc(Oc3ccc(Cl)cc3)cc2)c1. The fourth-order valence-corrected chi connectivity index (χ4v) is 3.10. The molecule has 0 saturated carbocycles. The van der Waals surface area contributed by atoms with Crippen molar-refractivity contribution in [3.05, 3.63) is 77.8 Å². The van der Waals surface area contributed by atoms with Crippen molar-refractivity contribution in [3.8, 4) is 17.2 Å². The predicted molar refractivity (Wildman–Crippen MR) is 133 cm³/mol. The number of methoxy groups -OCH3 is 1. The summed E-state index contributed by atoms with van der Waals surface area (Å²) in [5.74, 6) is 0.606. The lowest BCUT2D eigenvalue weighted by atomic mass is 10.2. The van der Waals surface area contributed by atoms with E-state index in [0.29, 0.717) is 40.1 Å². The summed E-state index contributed by atoms with van der Waals surface area (Å²) in [7, 11) is 1.53. The van der Waals surface area contributed by atoms with Crippen molar-refractivity contribution in [2.75, 3.05) is 24.4 Å². The van der Waals surface area contributed by atoms with Gasteiger partial charge in [0.25, 0.3) is 5.91 Å². The first kappa shape index (κ1) is 25.6. The molecule has 0 saturated heterocycles. The second-order valence-corrected chi connectivity index (χ2v) is 7.86. The molecule has 0 unspecified atom stereocenters. The zero-order valence-electron chi connectivity index (χ0n) is 19.1. The quantitative estimate of drug-likeness (QED) is 0.343. The summed E-state index contributed by atoms with van der Waals surface area (Å²) < 4.78 is 15.8. The van der Waals surface area contributed by atoms with E-state index in [4.69, 9.17) is 25.8 Å². The summed E-state index contributed by atoms with van der Waals surface area (Å²) in [4.78, 5) is 35.9. The number of anilines is 2. The van der Waals surface area contributed by atoms with Gasteiger partial charge in [0.15, 0.2) is 6.61 Å². The molecule has 0 radical (unpaired) electrons. The molecule has 0 heterocycles. The molecule has 0 atom stereocenters. The highest BCUT2D eigenvalue weighted by molar-refractivity contribution is 6.30. The minimum atomic E-state index is -0.553. The fourth-order valence-electron chi connectivity index (χ4n) is 2.98. The number of halogens is 1. The highest BCUT2D eigenvalue weighted by atomic mass is 35.5. The van der Waals surface area contributed by atoms with Gasteiger partial charge in [-0.25, -0.2) is 0 Å². The van der Waals surface area contributed by atoms with Crippen LogP contribution in [0.25, 0.3) is 0 Å². The molecule has 9 heteroatoms. The molecule has 2 amide bonds. The van der Waals surface area contributed by atoms with Gasteiger partial charge in [-0.3, -0.25) is 14.4 Å². The summed E-state index contributed by atoms with van der Waals surface area (Å²) in [6, 6.07) is 20.7. The molecular formula is C26H25ClN2O6. The largest absolute Gasteiger partial charge is 0.497 e. The van der Waals surface area contributed by atoms with Crippen LogP contribution >= 0.6 is 11.6 Å². The van der Waals surface area contributed by atoms with Crippen molar-refractivity contribution in [3.63, 3.8) is 0 Å². The number of carbonyl (C=O) groups excluding carboxylic acids is 3. The molecule has 0 aromatic heterocycles. The third-order valence-electron chi connectivity index (χ3n) is 4.69. The molecule has 35 heavy (non-hydrogen) atoms. The van der Waals surface area contributed by atoms with Crippen LogP contribution in [0.5, 0.6) is 17.2 Å². The van der Waals surface area contributed by atoms with Crippen molar-refractivity contribution < 1.29 is 28.6 Å². The van der Waals surface area contributed by atoms with E-state index in [9.17, 15) is 14.4 Å². The van der Waals surface area contributed by atoms with Crippen LogP contribution in [0.1, 0.15) is 19.3 Å². The first-order valence-corrected chi connectivity index (χ1v) is 11.2. The zero-order valence-corrected chi connectivity index (χ0v) is 19.8. The van der Waals surface area contributed by atoms with Crippen molar-refractivity contribution in [2.24, 2.45) is 0 Å². The number of ether oxygens (including phenoxy) is 3. The number of hydrogen-bond donors (Lipinski definition) is 2. The Kier molecular flexibility index (Phi) is 9.50. The topological polar surface area (TPSA) is 103 Å². The maximum absolute atomic E-state index is 12.1. The van der Waals surface area contributed by atoms with E-state index in [-0.39, 0.29) is 18.7 Å². The van der Waals surface area contributed by atoms with Gasteiger partial charge in [0.1, 0.15) is 17.2 Å². The van der Waals surface area contributed by atoms with Crippen LogP contribution in [0, 0.1) is 0 Å². The van der Waals surface area contributed by atoms with Crippen LogP contribution in [0.4, 0.5) is 11.4 Å². The average Bonchev–Trinajstić information content (AvgIpc) is 2.85. The highest BCUT2D eigenvalue weighted by Crippen LogP contribution is 2.24. The molecule has 3 aromatic rings. The normalized spacial score (nSPS) is 10.2. The Labute approximate surface area is 208 Å². The maximum atomic E-state index is 12.1. The number of amides is 2. The number of nitrogens with one attached hydrogen (secondary N) is 2. The zero-order chi connectivity index (χ0) is 25.0. The first-order valence-electron chi connectivity index (χ1n) is 10.8. The summed E-state index contributed by atoms with van der Waals surface area (Å²) in [5.41, 5.74) is 1.14. The lowest BCUT2D eigenvalue weighted by Gasteiger charge is -2.09. The molecule has 182 valence electrons. The minimum Gasteiger partial charge on any atom is -0.497 e. The van der Waals surface area contributed by atoms with Crippen molar-refractivity contribution >= 4 is 40.8 Å². The van der Waals surface area contributed by atoms with E-state index in [1.54, 1.807) is 72.8 Å². The van der Waals surface area contributed by atoms with Gasteiger partial charge >= 0.3 is 5.97 Å². The second-order valence-electron chi connectivity index (χ2n) is 7.42. The predicted octanol–water partition coefficient (Wildman–Crippen LogP) is 5.43. The standard InChI is InChI=1S/C26H25ClN2O6/c1-33-23-5-2-4-20(16-23)29-25(31)17-34-26(32)7-3-6-24(30)28-19-10-14-22(15-11-19)35-21-12-8-18(27)9-13-21/h2,4-5,8-16H,3,6-7,17H2,1H3,(H,28,30)(H,29,31). The molecule has 3 rings (SSSR count). The van der Waals surface area contributed by atoms with E-state index in [1.165, 1.54) is 7.11 Å². The molecule has 0 bridgehead atoms. The molecule has 8 nitrogen and oxygen atoms in total. The van der Waals surface area contributed by atoms with Gasteiger partial charge in [-0.15, -0.1) is 0 Å². The number of rotatable bonds is 11. The highest BCUT2D eigenvalue weighted by Gasteiger charge is 2.10. The molecule has 0 aliphatic carbocycles. The Bertz CT molecular complexity index is 1150. The third kappa shape index (κ3) is 9.02. The van der Waals surface area contributed by atoms with Crippen LogP contribution < -0.4 is 20.1 Å². The van der Waals surface area contributed by atoms with Crippen LogP contribution in [-0.2, 0) is 19.1 Å². The monoisotopic (exact) mass is 496 g/mol. The molecule has 0 aliphatic rings. The minimum absolute atomic E-state index is 0.0216. The van der Waals surface area contributed by atoms with Crippen molar-refractivity contribution in [2.45, 2.75) is 19.3 Å². The van der Waals surface area contributed by atoms with E-state index in [2.05, 4.69) is 10.6 Å². The van der Waals surface area contributed by atoms with Crippen molar-refractivity contribution in [1.29, 1.82) is 0 Å². The number of hydrogen-bond acceptors (Lipinski definition) is 6. The summed E-state index contributed by atoms with van der Waals surface area (Å²) in [6.07, 6.45) is 0.446. The fraction of sp³-hybridized carbons (Fsp3) is 0.192. The van der Waals surface area contributed by atoms with Gasteiger partial charge in [0, 0.05) is 35.3 Å². The second kappa shape index (κ2) is 13.0. The van der Waals surface area contributed by atoms with E-state index < -0.39 is 18.5 Å². The molecule has 3 aromatic carbocycles. The Hall–Kier alpha value is -4.04. The van der Waals surface area contributed by atoms with Gasteiger partial charge in [-0.2, -0.15) is 0 Å². The van der Waals surface area contributed by atoms with Gasteiger partial charge in [-0.05, 0) is 67.1 Å². The van der Waals surface area contributed by atoms with Crippen LogP contribution in [0.15, 0.2) is 72.8 Å². The van der Waals surface area contributed by atoms with E-state index in [1.807, 2.05) is 0 Å². The Morgan fingerprint density at radius 2 is 1.43 bits per heavy atom. The van der Waals surface area contributed by atoms with Gasteiger partial charge < -0.3 is 24.8 Å². The number of esters is 1. The lowest BCUT2D eigenvalue weighted by Crippen LogP contribution is -2.21. The van der Waals surface area contributed by atoms with E-state index in [0.717, 1.165) is 0 Å². The Morgan fingerprint density at radius 1 is 0.771 bits per heavy atom. The summed E-state index contributed by atoms with van der Waals surface area (Å²) in [5, 5.41) is 6.01. The van der Waals surface area contributed by atoms with Crippen molar-refractivity contribution in [1.82, 2.24) is 0 Å². The molecule has 0 aliphatic heterocycles. The Balaban J connectivity index is 1.32. The molecular weight excluding hydrogens is 472 g/mol. The first-order chi connectivity index (χ1) is 16.9. The van der Waals surface area contributed by atoms with Gasteiger partial charge in [0.2, 0.25) is 5.91 Å². The molecule has 0 fully saturated rings. The van der Waals surface area contributed by atoms with Crippen LogP contribution in [0.3, 0.4) is 0 Å². The lowest BCUT2D eigenvalue weighted by molar-refractivity contribution is -0.147. The van der Waals surface area contributed by atoms with Crippen LogP contribution in [-0.4, -0.2) is 31.5 Å². The third-order valence-corrected chi connectivity index (χ3v) is 4.94. The van der Waals surface area contributed by atoms with Crippen LogP contribution in [0.2, 0.25) is 5.02 Å². The molecule has 2 N–H and O–H groups in total. The number of carbonyl (C=O) groups is 3. The Morgan fingerprint density at radius 3 is 2.11 bits per heavy atom. The summed E-state index contributed by atoms with van der Waals surface area (Å²) >= 11 is 5.86. The molecule has 0 spiro atoms. The number of benzene rings is 3. The van der Waals surface area contributed by atoms with Gasteiger partial charge in [0.05, 0.1) is 7.11 Å². The smallest absolute Gasteiger partial charge is 0.306 e. The summed E-state index contributed by atoms with van der Waals surface area (Å²) in [6.45, 7) is -0.410. The average molecular weight is 497 g/mol. The van der Waals surface area contributed by atoms with Gasteiger partial charge in [-0.1, -0.05) is 17.7 Å². The van der Waals surface area contributed by atoms with E-state index >= 15 is 0 Å².